The summed E-state index contributed by atoms with van der Waals surface area (Å²) in [4.78, 5) is 20.9. The number of hydrogen-bond acceptors (Lipinski definition) is 5. The normalized spacial score (nSPS) is 13.8. The van der Waals surface area contributed by atoms with Crippen LogP contribution in [0.4, 0.5) is 8.78 Å². The summed E-state index contributed by atoms with van der Waals surface area (Å²) in [6.07, 6.45) is 2.22. The minimum Gasteiger partial charge on any atom is -0.478 e. The highest BCUT2D eigenvalue weighted by atomic mass is 19.1. The summed E-state index contributed by atoms with van der Waals surface area (Å²) in [5.74, 6) is -0.794. The molecule has 9 heteroatoms. The maximum atomic E-state index is 15.6. The standard InChI is InChI=1S/C34H31F2N3O4/c1-21-6-7-25(26(35)14-21)18-43-32-5-3-4-28(38-32)23-9-8-22(27(36)15-23)17-31-37-29-11-10-24(33(40)41)16-30(29)39(31)19-34(12-13-34)20-42-2/h3-11,14-16H,12-13,17-20H2,1-2H3,(H,40,41). The molecule has 1 N–H and O–H groups in total. The zero-order chi connectivity index (χ0) is 30.1. The smallest absolute Gasteiger partial charge is 0.335 e. The van der Waals surface area contributed by atoms with E-state index in [1.54, 1.807) is 55.6 Å². The molecule has 1 fully saturated rings. The van der Waals surface area contributed by atoms with E-state index in [1.807, 2.05) is 17.6 Å². The van der Waals surface area contributed by atoms with Crippen molar-refractivity contribution < 1.29 is 28.2 Å². The highest BCUT2D eigenvalue weighted by molar-refractivity contribution is 5.92. The summed E-state index contributed by atoms with van der Waals surface area (Å²) in [5.41, 5.74) is 4.32. The number of aryl methyl sites for hydroxylation is 1. The zero-order valence-electron chi connectivity index (χ0n) is 23.9. The number of carboxylic acids is 1. The predicted octanol–water partition coefficient (Wildman–Crippen LogP) is 6.98. The second-order valence-corrected chi connectivity index (χ2v) is 11.3. The van der Waals surface area contributed by atoms with Crippen LogP contribution in [0.2, 0.25) is 0 Å². The molecule has 1 aliphatic rings. The van der Waals surface area contributed by atoms with Gasteiger partial charge in [-0.25, -0.2) is 23.5 Å². The van der Waals surface area contributed by atoms with Crippen molar-refractivity contribution in [3.63, 3.8) is 0 Å². The quantitative estimate of drug-likeness (QED) is 0.181. The minimum absolute atomic E-state index is 0.0243. The number of carboxylic acid groups (broad SMARTS) is 1. The maximum Gasteiger partial charge on any atom is 0.335 e. The Bertz CT molecular complexity index is 1830. The Labute approximate surface area is 247 Å². The lowest BCUT2D eigenvalue weighted by Gasteiger charge is -2.18. The number of benzene rings is 3. The lowest BCUT2D eigenvalue weighted by Crippen LogP contribution is -2.19. The van der Waals surface area contributed by atoms with Crippen LogP contribution in [0.15, 0.2) is 72.8 Å². The summed E-state index contributed by atoms with van der Waals surface area (Å²) in [6, 6.07) is 20.0. The van der Waals surface area contributed by atoms with Crippen molar-refractivity contribution in [1.29, 1.82) is 0 Å². The Morgan fingerprint density at radius 1 is 0.977 bits per heavy atom. The Morgan fingerprint density at radius 2 is 1.77 bits per heavy atom. The van der Waals surface area contributed by atoms with Crippen LogP contribution in [0, 0.1) is 24.0 Å². The summed E-state index contributed by atoms with van der Waals surface area (Å²) >= 11 is 0. The highest BCUT2D eigenvalue weighted by Crippen LogP contribution is 2.48. The number of carbonyl (C=O) groups is 1. The third-order valence-corrected chi connectivity index (χ3v) is 7.98. The first-order valence-electron chi connectivity index (χ1n) is 14.1. The molecule has 0 amide bonds. The number of rotatable bonds is 11. The van der Waals surface area contributed by atoms with Gasteiger partial charge < -0.3 is 19.1 Å². The fourth-order valence-electron chi connectivity index (χ4n) is 5.38. The first-order chi connectivity index (χ1) is 20.7. The van der Waals surface area contributed by atoms with Gasteiger partial charge in [0.25, 0.3) is 0 Å². The third-order valence-electron chi connectivity index (χ3n) is 7.98. The molecule has 1 aliphatic carbocycles. The number of nitrogens with zero attached hydrogens (tertiary/aromatic N) is 3. The van der Waals surface area contributed by atoms with Crippen molar-refractivity contribution in [2.75, 3.05) is 13.7 Å². The first kappa shape index (κ1) is 28.5. The Balaban J connectivity index is 1.25. The van der Waals surface area contributed by atoms with Crippen molar-refractivity contribution >= 4 is 17.0 Å². The molecule has 7 nitrogen and oxygen atoms in total. The average Bonchev–Trinajstić information content (AvgIpc) is 3.67. The van der Waals surface area contributed by atoms with Crippen molar-refractivity contribution in [3.8, 4) is 17.1 Å². The van der Waals surface area contributed by atoms with Gasteiger partial charge in [-0.15, -0.1) is 0 Å². The van der Waals surface area contributed by atoms with E-state index in [0.29, 0.717) is 58.3 Å². The van der Waals surface area contributed by atoms with E-state index in [-0.39, 0.29) is 29.8 Å². The lowest BCUT2D eigenvalue weighted by molar-refractivity contribution is 0.0697. The molecule has 0 saturated heterocycles. The van der Waals surface area contributed by atoms with Gasteiger partial charge in [0.1, 0.15) is 24.1 Å². The molecule has 220 valence electrons. The molecule has 43 heavy (non-hydrogen) atoms. The number of aromatic carboxylic acids is 1. The molecule has 0 spiro atoms. The van der Waals surface area contributed by atoms with E-state index >= 15 is 4.39 Å². The molecule has 0 unspecified atom stereocenters. The topological polar surface area (TPSA) is 86.5 Å². The van der Waals surface area contributed by atoms with Crippen molar-refractivity contribution in [2.45, 2.75) is 39.3 Å². The van der Waals surface area contributed by atoms with Gasteiger partial charge in [0.05, 0.1) is 28.9 Å². The summed E-state index contributed by atoms with van der Waals surface area (Å²) < 4.78 is 43.0. The molecule has 6 rings (SSSR count). The molecule has 1 saturated carbocycles. The van der Waals surface area contributed by atoms with Crippen molar-refractivity contribution in [2.24, 2.45) is 5.41 Å². The Kier molecular flexibility index (Phi) is 7.66. The largest absolute Gasteiger partial charge is 0.478 e. The van der Waals surface area contributed by atoms with Crippen LogP contribution in [0.25, 0.3) is 22.3 Å². The number of fused-ring (bicyclic) bond motifs is 1. The SMILES string of the molecule is COCC1(Cn2c(Cc3ccc(-c4cccc(OCc5ccc(C)cc5F)n4)cc3F)nc3ccc(C(=O)O)cc32)CC1. The first-order valence-corrected chi connectivity index (χ1v) is 14.1. The second kappa shape index (κ2) is 11.6. The number of ether oxygens (including phenoxy) is 2. The minimum atomic E-state index is -1.01. The molecule has 5 aromatic rings. The maximum absolute atomic E-state index is 15.6. The van der Waals surface area contributed by atoms with Crippen LogP contribution in [0.1, 0.15) is 45.7 Å². The molecule has 3 aromatic carbocycles. The van der Waals surface area contributed by atoms with Gasteiger partial charge in [-0.3, -0.25) is 0 Å². The molecule has 2 aromatic heterocycles. The van der Waals surface area contributed by atoms with E-state index in [4.69, 9.17) is 14.5 Å². The fraction of sp³-hybridized carbons (Fsp3) is 0.265. The number of methoxy groups -OCH3 is 1. The van der Waals surface area contributed by atoms with Crippen LogP contribution >= 0.6 is 0 Å². The fourth-order valence-corrected chi connectivity index (χ4v) is 5.38. The number of pyridine rings is 1. The number of hydrogen-bond donors (Lipinski definition) is 1. The lowest BCUT2D eigenvalue weighted by atomic mass is 10.0. The van der Waals surface area contributed by atoms with Crippen LogP contribution in [-0.4, -0.2) is 39.3 Å². The van der Waals surface area contributed by atoms with Gasteiger partial charge in [0.2, 0.25) is 5.88 Å². The molecule has 0 atom stereocenters. The van der Waals surface area contributed by atoms with Crippen molar-refractivity contribution in [3.05, 3.63) is 113 Å². The summed E-state index contributed by atoms with van der Waals surface area (Å²) in [7, 11) is 1.67. The highest BCUT2D eigenvalue weighted by Gasteiger charge is 2.43. The van der Waals surface area contributed by atoms with Crippen molar-refractivity contribution in [1.82, 2.24) is 14.5 Å². The van der Waals surface area contributed by atoms with Gasteiger partial charge in [0, 0.05) is 42.7 Å². The van der Waals surface area contributed by atoms with Crippen LogP contribution in [0.3, 0.4) is 0 Å². The van der Waals surface area contributed by atoms with E-state index < -0.39 is 11.8 Å². The average molecular weight is 584 g/mol. The summed E-state index contributed by atoms with van der Waals surface area (Å²) in [6.45, 7) is 3.04. The van der Waals surface area contributed by atoms with Gasteiger partial charge >= 0.3 is 5.97 Å². The number of aromatic nitrogens is 3. The van der Waals surface area contributed by atoms with Gasteiger partial charge in [-0.2, -0.15) is 0 Å². The Hall–Kier alpha value is -4.63. The molecule has 0 radical (unpaired) electrons. The second-order valence-electron chi connectivity index (χ2n) is 11.3. The molecule has 2 heterocycles. The van der Waals surface area contributed by atoms with E-state index in [0.717, 1.165) is 18.4 Å². The van der Waals surface area contributed by atoms with Crippen LogP contribution in [-0.2, 0) is 24.3 Å². The predicted molar refractivity (Wildman–Crippen MR) is 158 cm³/mol. The zero-order valence-corrected chi connectivity index (χ0v) is 23.9. The Morgan fingerprint density at radius 3 is 2.49 bits per heavy atom. The van der Waals surface area contributed by atoms with Gasteiger partial charge in [0.15, 0.2) is 0 Å². The monoisotopic (exact) mass is 583 g/mol. The van der Waals surface area contributed by atoms with Gasteiger partial charge in [-0.05, 0) is 67.3 Å². The summed E-state index contributed by atoms with van der Waals surface area (Å²) in [5, 5.41) is 9.55. The molecular weight excluding hydrogens is 552 g/mol. The molecule has 0 bridgehead atoms. The van der Waals surface area contributed by atoms with E-state index in [2.05, 4.69) is 4.98 Å². The number of halogens is 2. The van der Waals surface area contributed by atoms with E-state index in [1.165, 1.54) is 18.2 Å². The van der Waals surface area contributed by atoms with Crippen LogP contribution in [0.5, 0.6) is 5.88 Å². The van der Waals surface area contributed by atoms with Gasteiger partial charge in [-0.1, -0.05) is 30.3 Å². The molecule has 0 aliphatic heterocycles. The number of imidazole rings is 1. The third kappa shape index (κ3) is 6.12. The molecular formula is C34H31F2N3O4. The van der Waals surface area contributed by atoms with E-state index in [9.17, 15) is 14.3 Å². The van der Waals surface area contributed by atoms with Crippen LogP contribution < -0.4 is 4.74 Å².